The van der Waals surface area contributed by atoms with E-state index in [0.717, 1.165) is 66.0 Å². The van der Waals surface area contributed by atoms with E-state index < -0.39 is 0 Å². The van der Waals surface area contributed by atoms with Crippen molar-refractivity contribution in [1.29, 1.82) is 0 Å². The molecule has 63 heavy (non-hydrogen) atoms. The molecule has 0 N–H and O–H groups in total. The Morgan fingerprint density at radius 2 is 1.08 bits per heavy atom. The van der Waals surface area contributed by atoms with Gasteiger partial charge in [-0.25, -0.2) is 15.0 Å². The molecule has 0 saturated heterocycles. The van der Waals surface area contributed by atoms with Gasteiger partial charge in [-0.15, -0.1) is 11.3 Å². The van der Waals surface area contributed by atoms with Crippen molar-refractivity contribution < 1.29 is 4.42 Å². The summed E-state index contributed by atoms with van der Waals surface area (Å²) in [6.45, 7) is 0. The van der Waals surface area contributed by atoms with Crippen molar-refractivity contribution in [2.75, 3.05) is 0 Å². The Bertz CT molecular complexity index is 4220. The van der Waals surface area contributed by atoms with Gasteiger partial charge in [0.2, 0.25) is 0 Å². The summed E-state index contributed by atoms with van der Waals surface area (Å²) >= 11 is 1.79. The van der Waals surface area contributed by atoms with Gasteiger partial charge in [0.25, 0.3) is 0 Å². The zero-order valence-electron chi connectivity index (χ0n) is 33.6. The highest BCUT2D eigenvalue weighted by molar-refractivity contribution is 7.25. The quantitative estimate of drug-likeness (QED) is 0.177. The summed E-state index contributed by atoms with van der Waals surface area (Å²) in [6.07, 6.45) is 0. The van der Waals surface area contributed by atoms with Gasteiger partial charge >= 0.3 is 0 Å². The molecule has 0 amide bonds. The lowest BCUT2D eigenvalue weighted by Crippen LogP contribution is -2.00. The first kappa shape index (κ1) is 34.5. The summed E-state index contributed by atoms with van der Waals surface area (Å²) < 4.78 is 11.8. The molecule has 0 atom stereocenters. The summed E-state index contributed by atoms with van der Waals surface area (Å²) in [4.78, 5) is 15.6. The van der Waals surface area contributed by atoms with Gasteiger partial charge in [-0.1, -0.05) is 146 Å². The van der Waals surface area contributed by atoms with Crippen LogP contribution in [0.1, 0.15) is 0 Å². The summed E-state index contributed by atoms with van der Waals surface area (Å²) in [5.41, 5.74) is 7.93. The predicted molar refractivity (Wildman–Crippen MR) is 263 cm³/mol. The summed E-state index contributed by atoms with van der Waals surface area (Å²) in [6, 6.07) is 69.1. The van der Waals surface area contributed by atoms with E-state index in [9.17, 15) is 0 Å². The number of aromatic nitrogens is 4. The molecule has 0 radical (unpaired) electrons. The number of thiophene rings is 1. The lowest BCUT2D eigenvalue weighted by atomic mass is 10.0. The second kappa shape index (κ2) is 13.2. The van der Waals surface area contributed by atoms with Gasteiger partial charge in [-0.05, 0) is 64.7 Å². The molecule has 0 spiro atoms. The van der Waals surface area contributed by atoms with Crippen LogP contribution >= 0.6 is 11.3 Å². The number of furan rings is 1. The van der Waals surface area contributed by atoms with Crippen molar-refractivity contribution >= 4 is 108 Å². The van der Waals surface area contributed by atoms with E-state index in [-0.39, 0.29) is 0 Å². The Morgan fingerprint density at radius 1 is 0.397 bits per heavy atom. The molecule has 0 aliphatic heterocycles. The molecule has 14 aromatic rings. The van der Waals surface area contributed by atoms with Gasteiger partial charge in [-0.2, -0.15) is 0 Å². The second-order valence-corrected chi connectivity index (χ2v) is 17.4. The molecule has 0 unspecified atom stereocenters. The highest BCUT2D eigenvalue weighted by Gasteiger charge is 2.22. The molecule has 6 heteroatoms. The molecular weight excluding hydrogens is 789 g/mol. The fraction of sp³-hybridized carbons (Fsp3) is 0. The minimum atomic E-state index is 0.605. The van der Waals surface area contributed by atoms with Crippen molar-refractivity contribution in [3.63, 3.8) is 0 Å². The Balaban J connectivity index is 1.05. The Kier molecular flexibility index (Phi) is 7.21. The first-order chi connectivity index (χ1) is 31.2. The highest BCUT2D eigenvalue weighted by atomic mass is 32.1. The summed E-state index contributed by atoms with van der Waals surface area (Å²) in [5.74, 6) is 1.88. The van der Waals surface area contributed by atoms with Crippen molar-refractivity contribution in [3.05, 3.63) is 194 Å². The van der Waals surface area contributed by atoms with Crippen LogP contribution in [0.3, 0.4) is 0 Å². The number of hydrogen-bond acceptors (Lipinski definition) is 5. The number of rotatable bonds is 4. The first-order valence-electron chi connectivity index (χ1n) is 21.2. The van der Waals surface area contributed by atoms with E-state index >= 15 is 0 Å². The van der Waals surface area contributed by atoms with Gasteiger partial charge < -0.3 is 8.98 Å². The van der Waals surface area contributed by atoms with Gasteiger partial charge in [-0.3, -0.25) is 0 Å². The van der Waals surface area contributed by atoms with E-state index in [1.54, 1.807) is 11.3 Å². The third-order valence-electron chi connectivity index (χ3n) is 12.8. The molecule has 14 rings (SSSR count). The Labute approximate surface area is 363 Å². The molecule has 0 bridgehead atoms. The smallest absolute Gasteiger partial charge is 0.164 e. The summed E-state index contributed by atoms with van der Waals surface area (Å²) in [5, 5.41) is 13.9. The van der Waals surface area contributed by atoms with Gasteiger partial charge in [0.05, 0.1) is 16.7 Å². The van der Waals surface area contributed by atoms with E-state index in [1.807, 2.05) is 18.2 Å². The van der Waals surface area contributed by atoms with Crippen LogP contribution in [0.25, 0.3) is 136 Å². The molecule has 0 aliphatic carbocycles. The molecular formula is C57H32N4OS. The van der Waals surface area contributed by atoms with Crippen molar-refractivity contribution in [2.45, 2.75) is 0 Å². The zero-order valence-corrected chi connectivity index (χ0v) is 34.4. The van der Waals surface area contributed by atoms with Crippen LogP contribution in [0, 0.1) is 0 Å². The molecule has 5 nitrogen and oxygen atoms in total. The molecule has 0 aliphatic rings. The van der Waals surface area contributed by atoms with Crippen LogP contribution < -0.4 is 0 Å². The fourth-order valence-electron chi connectivity index (χ4n) is 9.92. The fourth-order valence-corrected chi connectivity index (χ4v) is 11.1. The minimum Gasteiger partial charge on any atom is -0.455 e. The molecule has 10 aromatic carbocycles. The number of benzene rings is 10. The average Bonchev–Trinajstić information content (AvgIpc) is 4.02. The van der Waals surface area contributed by atoms with E-state index in [2.05, 4.69) is 180 Å². The van der Waals surface area contributed by atoms with Crippen LogP contribution in [0.2, 0.25) is 0 Å². The molecule has 4 heterocycles. The van der Waals surface area contributed by atoms with Crippen LogP contribution in [-0.4, -0.2) is 19.5 Å². The zero-order chi connectivity index (χ0) is 41.2. The lowest BCUT2D eigenvalue weighted by molar-refractivity contribution is 0.672. The van der Waals surface area contributed by atoms with Crippen LogP contribution in [-0.2, 0) is 0 Å². The maximum Gasteiger partial charge on any atom is 0.164 e. The van der Waals surface area contributed by atoms with Crippen molar-refractivity contribution in [1.82, 2.24) is 19.5 Å². The maximum absolute atomic E-state index is 6.84. The van der Waals surface area contributed by atoms with Crippen molar-refractivity contribution in [2.24, 2.45) is 0 Å². The van der Waals surface area contributed by atoms with Gasteiger partial charge in [0, 0.05) is 74.6 Å². The Hall–Kier alpha value is -8.19. The number of nitrogens with zero attached hydrogens (tertiary/aromatic N) is 4. The third kappa shape index (κ3) is 5.13. The number of hydrogen-bond donors (Lipinski definition) is 0. The minimum absolute atomic E-state index is 0.605. The normalized spacial score (nSPS) is 12.1. The monoisotopic (exact) mass is 820 g/mol. The lowest BCUT2D eigenvalue weighted by Gasteiger charge is -2.14. The largest absolute Gasteiger partial charge is 0.455 e. The molecule has 0 saturated carbocycles. The van der Waals surface area contributed by atoms with Gasteiger partial charge in [0.15, 0.2) is 17.5 Å². The van der Waals surface area contributed by atoms with Crippen LogP contribution in [0.15, 0.2) is 199 Å². The maximum atomic E-state index is 6.84. The van der Waals surface area contributed by atoms with E-state index in [0.29, 0.717) is 17.5 Å². The SMILES string of the molecule is c1ccc(-c2nc(-c3ccc4oc5c6ccccc6c(-n6c7cc8ccccc8cc7c7ccc8ccccc8c76)cc5c4c3)nc(-c3cccc4sc5ccccc5c34)n2)cc1. The van der Waals surface area contributed by atoms with E-state index in [1.165, 1.54) is 52.6 Å². The summed E-state index contributed by atoms with van der Waals surface area (Å²) in [7, 11) is 0. The first-order valence-corrected chi connectivity index (χ1v) is 22.0. The Morgan fingerprint density at radius 3 is 1.94 bits per heavy atom. The van der Waals surface area contributed by atoms with Gasteiger partial charge in [0.1, 0.15) is 11.2 Å². The molecule has 4 aromatic heterocycles. The van der Waals surface area contributed by atoms with Crippen LogP contribution in [0.4, 0.5) is 0 Å². The van der Waals surface area contributed by atoms with E-state index in [4.69, 9.17) is 19.4 Å². The average molecular weight is 821 g/mol. The second-order valence-electron chi connectivity index (χ2n) is 16.3. The highest BCUT2D eigenvalue weighted by Crippen LogP contribution is 2.45. The topological polar surface area (TPSA) is 56.7 Å². The third-order valence-corrected chi connectivity index (χ3v) is 13.9. The molecule has 0 fully saturated rings. The van der Waals surface area contributed by atoms with Crippen LogP contribution in [0.5, 0.6) is 0 Å². The number of fused-ring (bicyclic) bond motifs is 14. The molecule has 292 valence electrons. The standard InChI is InChI=1S/C57H32N4OS/c1-2-14-34(15-3-1)55-58-56(60-57(59-55)43-22-12-24-51-52(43)42-21-10-11-23-50(42)63-51)37-26-28-49-45(30-37)46-32-48(39-19-8-9-20-41(39)54(46)62-49)61-47-31-36-17-5-4-16-35(36)29-44(47)40-27-25-33-13-6-7-18-38(33)53(40)61/h1-32H. The predicted octanol–water partition coefficient (Wildman–Crippen LogP) is 15.7. The van der Waals surface area contributed by atoms with Crippen molar-refractivity contribution in [3.8, 4) is 39.9 Å².